The number of carbonyl (C=O) groups excluding carboxylic acids is 1. The SMILES string of the molecule is COc1ccc(CNc2sc3c(c2C(=O)Nc2ccccc2OC)CCCC3)cc1. The lowest BCUT2D eigenvalue weighted by atomic mass is 9.95. The highest BCUT2D eigenvalue weighted by molar-refractivity contribution is 7.16. The highest BCUT2D eigenvalue weighted by atomic mass is 32.1. The zero-order valence-electron chi connectivity index (χ0n) is 17.3. The molecule has 5 nitrogen and oxygen atoms in total. The fourth-order valence-electron chi connectivity index (χ4n) is 3.79. The van der Waals surface area contributed by atoms with Crippen LogP contribution < -0.4 is 20.1 Å². The molecule has 4 rings (SSSR count). The molecule has 0 saturated heterocycles. The maximum atomic E-state index is 13.3. The van der Waals surface area contributed by atoms with Gasteiger partial charge in [0.25, 0.3) is 5.91 Å². The van der Waals surface area contributed by atoms with Gasteiger partial charge in [-0.3, -0.25) is 4.79 Å². The number of hydrogen-bond donors (Lipinski definition) is 2. The van der Waals surface area contributed by atoms with Crippen LogP contribution in [0.3, 0.4) is 0 Å². The van der Waals surface area contributed by atoms with Crippen molar-refractivity contribution in [3.63, 3.8) is 0 Å². The summed E-state index contributed by atoms with van der Waals surface area (Å²) in [6.45, 7) is 0.651. The van der Waals surface area contributed by atoms with E-state index in [9.17, 15) is 4.79 Å². The topological polar surface area (TPSA) is 59.6 Å². The lowest BCUT2D eigenvalue weighted by molar-refractivity contribution is 0.102. The van der Waals surface area contributed by atoms with Gasteiger partial charge in [-0.15, -0.1) is 11.3 Å². The number of methoxy groups -OCH3 is 2. The van der Waals surface area contributed by atoms with Crippen LogP contribution in [0.5, 0.6) is 11.5 Å². The van der Waals surface area contributed by atoms with Gasteiger partial charge in [0.2, 0.25) is 0 Å². The number of fused-ring (bicyclic) bond motifs is 1. The van der Waals surface area contributed by atoms with Crippen LogP contribution in [0.25, 0.3) is 0 Å². The first-order valence-corrected chi connectivity index (χ1v) is 11.0. The number of aryl methyl sites for hydroxylation is 1. The van der Waals surface area contributed by atoms with E-state index < -0.39 is 0 Å². The van der Waals surface area contributed by atoms with Crippen molar-refractivity contribution in [2.24, 2.45) is 0 Å². The first kappa shape index (κ1) is 20.3. The molecule has 0 aliphatic heterocycles. The molecule has 0 saturated carbocycles. The third-order valence-electron chi connectivity index (χ3n) is 5.37. The average Bonchev–Trinajstić information content (AvgIpc) is 3.17. The number of hydrogen-bond acceptors (Lipinski definition) is 5. The molecule has 1 aromatic heterocycles. The lowest BCUT2D eigenvalue weighted by Crippen LogP contribution is -2.17. The van der Waals surface area contributed by atoms with E-state index in [2.05, 4.69) is 10.6 Å². The van der Waals surface area contributed by atoms with Gasteiger partial charge in [-0.1, -0.05) is 24.3 Å². The van der Waals surface area contributed by atoms with Crippen molar-refractivity contribution >= 4 is 27.9 Å². The smallest absolute Gasteiger partial charge is 0.259 e. The molecular formula is C24H26N2O3S. The Morgan fingerprint density at radius 1 is 1.00 bits per heavy atom. The largest absolute Gasteiger partial charge is 0.497 e. The second-order valence-corrected chi connectivity index (χ2v) is 8.38. The molecule has 1 amide bonds. The van der Waals surface area contributed by atoms with Crippen LogP contribution in [-0.4, -0.2) is 20.1 Å². The Bertz CT molecular complexity index is 1030. The predicted molar refractivity (Wildman–Crippen MR) is 122 cm³/mol. The first-order chi connectivity index (χ1) is 14.7. The Morgan fingerprint density at radius 3 is 2.53 bits per heavy atom. The predicted octanol–water partition coefficient (Wildman–Crippen LogP) is 5.51. The molecule has 2 N–H and O–H groups in total. The van der Waals surface area contributed by atoms with Crippen LogP contribution >= 0.6 is 11.3 Å². The van der Waals surface area contributed by atoms with Crippen LogP contribution in [0.2, 0.25) is 0 Å². The second kappa shape index (κ2) is 9.22. The summed E-state index contributed by atoms with van der Waals surface area (Å²) in [4.78, 5) is 14.6. The second-order valence-electron chi connectivity index (χ2n) is 7.27. The number of amides is 1. The van der Waals surface area contributed by atoms with Gasteiger partial charge in [-0.05, 0) is 61.1 Å². The zero-order chi connectivity index (χ0) is 20.9. The van der Waals surface area contributed by atoms with Crippen LogP contribution in [0.1, 0.15) is 39.2 Å². The molecule has 156 valence electrons. The minimum absolute atomic E-state index is 0.0869. The van der Waals surface area contributed by atoms with E-state index >= 15 is 0 Å². The van der Waals surface area contributed by atoms with Crippen molar-refractivity contribution in [3.05, 3.63) is 70.1 Å². The van der Waals surface area contributed by atoms with Crippen LogP contribution in [0.4, 0.5) is 10.7 Å². The Hall–Kier alpha value is -2.99. The highest BCUT2D eigenvalue weighted by Crippen LogP contribution is 2.39. The maximum absolute atomic E-state index is 13.3. The minimum Gasteiger partial charge on any atom is -0.497 e. The van der Waals surface area contributed by atoms with E-state index in [1.165, 1.54) is 16.9 Å². The fraction of sp³-hybridized carbons (Fsp3) is 0.292. The van der Waals surface area contributed by atoms with E-state index in [0.717, 1.165) is 41.1 Å². The third-order valence-corrected chi connectivity index (χ3v) is 6.62. The molecule has 6 heteroatoms. The normalized spacial score (nSPS) is 12.7. The summed E-state index contributed by atoms with van der Waals surface area (Å²) < 4.78 is 10.6. The van der Waals surface area contributed by atoms with E-state index in [1.807, 2.05) is 48.5 Å². The zero-order valence-corrected chi connectivity index (χ0v) is 18.1. The van der Waals surface area contributed by atoms with Crippen LogP contribution in [-0.2, 0) is 19.4 Å². The van der Waals surface area contributed by atoms with Crippen LogP contribution in [0.15, 0.2) is 48.5 Å². The molecule has 0 spiro atoms. The molecule has 1 aliphatic rings. The Morgan fingerprint density at radius 2 is 1.77 bits per heavy atom. The number of benzene rings is 2. The number of rotatable bonds is 7. The minimum atomic E-state index is -0.0869. The highest BCUT2D eigenvalue weighted by Gasteiger charge is 2.26. The summed E-state index contributed by atoms with van der Waals surface area (Å²) in [6, 6.07) is 15.5. The van der Waals surface area contributed by atoms with E-state index in [4.69, 9.17) is 9.47 Å². The molecule has 30 heavy (non-hydrogen) atoms. The van der Waals surface area contributed by atoms with E-state index in [1.54, 1.807) is 25.6 Å². The lowest BCUT2D eigenvalue weighted by Gasteiger charge is -2.15. The number of para-hydroxylation sites is 2. The van der Waals surface area contributed by atoms with Crippen molar-refractivity contribution in [3.8, 4) is 11.5 Å². The van der Waals surface area contributed by atoms with Gasteiger partial charge in [0, 0.05) is 11.4 Å². The molecule has 0 fully saturated rings. The van der Waals surface area contributed by atoms with Gasteiger partial charge in [0.1, 0.15) is 16.5 Å². The van der Waals surface area contributed by atoms with Crippen molar-refractivity contribution in [2.75, 3.05) is 24.9 Å². The molecule has 2 aromatic carbocycles. The number of ether oxygens (including phenoxy) is 2. The average molecular weight is 423 g/mol. The Balaban J connectivity index is 1.59. The number of anilines is 2. The summed E-state index contributed by atoms with van der Waals surface area (Å²) >= 11 is 1.71. The fourth-order valence-corrected chi connectivity index (χ4v) is 5.07. The van der Waals surface area contributed by atoms with E-state index in [-0.39, 0.29) is 5.91 Å². The van der Waals surface area contributed by atoms with Gasteiger partial charge >= 0.3 is 0 Å². The molecule has 3 aromatic rings. The summed E-state index contributed by atoms with van der Waals surface area (Å²) in [7, 11) is 3.27. The maximum Gasteiger partial charge on any atom is 0.259 e. The summed E-state index contributed by atoms with van der Waals surface area (Å²) in [5.41, 5.74) is 3.78. The number of nitrogens with one attached hydrogen (secondary N) is 2. The monoisotopic (exact) mass is 422 g/mol. The van der Waals surface area contributed by atoms with Gasteiger partial charge in [-0.2, -0.15) is 0 Å². The quantitative estimate of drug-likeness (QED) is 0.527. The summed E-state index contributed by atoms with van der Waals surface area (Å²) in [5, 5.41) is 7.49. The standard InChI is InChI=1S/C24H26N2O3S/c1-28-17-13-11-16(12-14-17)15-25-24-22(18-7-3-6-10-21(18)30-24)23(27)26-19-8-4-5-9-20(19)29-2/h4-5,8-9,11-14,25H,3,6-7,10,15H2,1-2H3,(H,26,27). The first-order valence-electron chi connectivity index (χ1n) is 10.2. The van der Waals surface area contributed by atoms with E-state index in [0.29, 0.717) is 18.0 Å². The Labute approximate surface area is 181 Å². The molecule has 0 unspecified atom stereocenters. The molecule has 0 radical (unpaired) electrons. The molecule has 0 atom stereocenters. The van der Waals surface area contributed by atoms with Crippen molar-refractivity contribution in [1.82, 2.24) is 0 Å². The summed E-state index contributed by atoms with van der Waals surface area (Å²) in [6.07, 6.45) is 4.29. The van der Waals surface area contributed by atoms with Gasteiger partial charge in [0.15, 0.2) is 0 Å². The van der Waals surface area contributed by atoms with Crippen molar-refractivity contribution < 1.29 is 14.3 Å². The molecule has 0 bridgehead atoms. The number of thiophene rings is 1. The molecule has 1 heterocycles. The number of carbonyl (C=O) groups is 1. The van der Waals surface area contributed by atoms with Gasteiger partial charge < -0.3 is 20.1 Å². The summed E-state index contributed by atoms with van der Waals surface area (Å²) in [5.74, 6) is 1.40. The van der Waals surface area contributed by atoms with Crippen molar-refractivity contribution in [2.45, 2.75) is 32.2 Å². The van der Waals surface area contributed by atoms with Crippen molar-refractivity contribution in [1.29, 1.82) is 0 Å². The Kier molecular flexibility index (Phi) is 6.23. The third kappa shape index (κ3) is 4.28. The molecule has 1 aliphatic carbocycles. The van der Waals surface area contributed by atoms with Gasteiger partial charge in [0.05, 0.1) is 25.5 Å². The molecular weight excluding hydrogens is 396 g/mol. The van der Waals surface area contributed by atoms with Gasteiger partial charge in [-0.25, -0.2) is 0 Å². The van der Waals surface area contributed by atoms with Crippen LogP contribution in [0, 0.1) is 0 Å².